The van der Waals surface area contributed by atoms with Gasteiger partial charge in [0, 0.05) is 34.9 Å². The maximum atomic E-state index is 12.8. The molecule has 1 aromatic carbocycles. The van der Waals surface area contributed by atoms with Gasteiger partial charge in [0.15, 0.2) is 0 Å². The maximum Gasteiger partial charge on any atom is 0.256 e. The van der Waals surface area contributed by atoms with Crippen molar-refractivity contribution in [1.82, 2.24) is 4.90 Å². The van der Waals surface area contributed by atoms with Crippen molar-refractivity contribution < 1.29 is 13.6 Å². The molecule has 0 radical (unpaired) electrons. The first-order chi connectivity index (χ1) is 8.71. The first kappa shape index (κ1) is 14.7. The standard InChI is InChI=1S/C12H12Br2F2N2O/c1-18(7-4-12(15,16)5-7)11(19)8-2-6(13)3-9(14)10(8)17/h2-3,7H,4-5,17H2,1H3. The van der Waals surface area contributed by atoms with E-state index in [2.05, 4.69) is 31.9 Å². The molecule has 0 aliphatic heterocycles. The highest BCUT2D eigenvalue weighted by Gasteiger charge is 2.48. The van der Waals surface area contributed by atoms with Crippen LogP contribution in [0, 0.1) is 0 Å². The van der Waals surface area contributed by atoms with Crippen LogP contribution in [0.4, 0.5) is 14.5 Å². The van der Waals surface area contributed by atoms with Gasteiger partial charge in [-0.3, -0.25) is 4.79 Å². The van der Waals surface area contributed by atoms with Gasteiger partial charge in [-0.1, -0.05) is 15.9 Å². The van der Waals surface area contributed by atoms with Gasteiger partial charge in [0.05, 0.1) is 11.3 Å². The summed E-state index contributed by atoms with van der Waals surface area (Å²) in [4.78, 5) is 13.6. The Hall–Kier alpha value is -0.690. The van der Waals surface area contributed by atoms with Gasteiger partial charge in [0.1, 0.15) is 0 Å². The number of nitrogens with zero attached hydrogens (tertiary/aromatic N) is 1. The van der Waals surface area contributed by atoms with E-state index in [4.69, 9.17) is 5.73 Å². The highest BCUT2D eigenvalue weighted by molar-refractivity contribution is 9.11. The Morgan fingerprint density at radius 3 is 2.53 bits per heavy atom. The fourth-order valence-electron chi connectivity index (χ4n) is 2.02. The monoisotopic (exact) mass is 396 g/mol. The van der Waals surface area contributed by atoms with Crippen molar-refractivity contribution in [2.45, 2.75) is 24.8 Å². The van der Waals surface area contributed by atoms with Gasteiger partial charge in [0.2, 0.25) is 0 Å². The normalized spacial score (nSPS) is 17.9. The number of hydrogen-bond donors (Lipinski definition) is 1. The summed E-state index contributed by atoms with van der Waals surface area (Å²) in [5.74, 6) is -3.00. The lowest BCUT2D eigenvalue weighted by Gasteiger charge is -2.40. The number of halogens is 4. The number of rotatable bonds is 2. The molecule has 1 aromatic rings. The predicted molar refractivity (Wildman–Crippen MR) is 76.3 cm³/mol. The summed E-state index contributed by atoms with van der Waals surface area (Å²) in [6.45, 7) is 0. The summed E-state index contributed by atoms with van der Waals surface area (Å²) in [5, 5.41) is 0. The second kappa shape index (κ2) is 5.01. The topological polar surface area (TPSA) is 46.3 Å². The van der Waals surface area contributed by atoms with Crippen LogP contribution >= 0.6 is 31.9 Å². The molecule has 0 heterocycles. The van der Waals surface area contributed by atoms with Crippen LogP contribution in [0.25, 0.3) is 0 Å². The number of anilines is 1. The number of nitrogen functional groups attached to an aromatic ring is 1. The van der Waals surface area contributed by atoms with Crippen molar-refractivity contribution in [2.75, 3.05) is 12.8 Å². The van der Waals surface area contributed by atoms with Crippen LogP contribution in [0.15, 0.2) is 21.1 Å². The number of carbonyl (C=O) groups is 1. The SMILES string of the molecule is CN(C(=O)c1cc(Br)cc(Br)c1N)C1CC(F)(F)C1. The van der Waals surface area contributed by atoms with Gasteiger partial charge in [0.25, 0.3) is 11.8 Å². The molecule has 19 heavy (non-hydrogen) atoms. The van der Waals surface area contributed by atoms with Crippen LogP contribution in [0.5, 0.6) is 0 Å². The fourth-order valence-corrected chi connectivity index (χ4v) is 3.25. The van der Waals surface area contributed by atoms with Crippen LogP contribution in [-0.4, -0.2) is 29.8 Å². The largest absolute Gasteiger partial charge is 0.397 e. The Balaban J connectivity index is 2.21. The molecule has 3 nitrogen and oxygen atoms in total. The minimum atomic E-state index is -2.65. The molecule has 0 bridgehead atoms. The summed E-state index contributed by atoms with van der Waals surface area (Å²) in [7, 11) is 1.52. The first-order valence-electron chi connectivity index (χ1n) is 5.61. The summed E-state index contributed by atoms with van der Waals surface area (Å²) in [6.07, 6.45) is -0.575. The van der Waals surface area contributed by atoms with Gasteiger partial charge >= 0.3 is 0 Å². The number of hydrogen-bond acceptors (Lipinski definition) is 2. The van der Waals surface area contributed by atoms with E-state index in [1.807, 2.05) is 0 Å². The lowest BCUT2D eigenvalue weighted by molar-refractivity contribution is -0.112. The number of amides is 1. The maximum absolute atomic E-state index is 12.8. The smallest absolute Gasteiger partial charge is 0.256 e. The average molecular weight is 398 g/mol. The quantitative estimate of drug-likeness (QED) is 0.774. The zero-order chi connectivity index (χ0) is 14.4. The van der Waals surface area contributed by atoms with E-state index in [1.54, 1.807) is 12.1 Å². The van der Waals surface area contributed by atoms with Crippen LogP contribution in [0.2, 0.25) is 0 Å². The first-order valence-corrected chi connectivity index (χ1v) is 7.19. The van der Waals surface area contributed by atoms with Gasteiger partial charge in [-0.2, -0.15) is 0 Å². The van der Waals surface area contributed by atoms with Gasteiger partial charge in [-0.05, 0) is 28.1 Å². The third-order valence-corrected chi connectivity index (χ3v) is 4.38. The molecule has 2 rings (SSSR count). The number of alkyl halides is 2. The Morgan fingerprint density at radius 2 is 2.00 bits per heavy atom. The molecule has 0 unspecified atom stereocenters. The van der Waals surface area contributed by atoms with Crippen molar-refractivity contribution in [1.29, 1.82) is 0 Å². The molecule has 1 amide bonds. The van der Waals surface area contributed by atoms with E-state index < -0.39 is 12.0 Å². The molecule has 0 saturated heterocycles. The van der Waals surface area contributed by atoms with Crippen LogP contribution in [0.1, 0.15) is 23.2 Å². The molecule has 0 aromatic heterocycles. The molecule has 104 valence electrons. The predicted octanol–water partition coefficient (Wildman–Crippen LogP) is 3.66. The highest BCUT2D eigenvalue weighted by atomic mass is 79.9. The molecule has 2 N–H and O–H groups in total. The highest BCUT2D eigenvalue weighted by Crippen LogP contribution is 2.40. The van der Waals surface area contributed by atoms with Crippen LogP contribution in [-0.2, 0) is 0 Å². The molecule has 1 saturated carbocycles. The van der Waals surface area contributed by atoms with Crippen molar-refractivity contribution in [2.24, 2.45) is 0 Å². The molecular formula is C12H12Br2F2N2O. The van der Waals surface area contributed by atoms with Crippen molar-refractivity contribution in [3.8, 4) is 0 Å². The second-order valence-corrected chi connectivity index (χ2v) is 6.45. The van der Waals surface area contributed by atoms with E-state index in [-0.39, 0.29) is 18.7 Å². The second-order valence-electron chi connectivity index (χ2n) is 4.68. The minimum absolute atomic E-state index is 0.287. The van der Waals surface area contributed by atoms with E-state index in [9.17, 15) is 13.6 Å². The van der Waals surface area contributed by atoms with E-state index in [0.29, 0.717) is 20.2 Å². The molecular weight excluding hydrogens is 386 g/mol. The Labute approximate surface area is 126 Å². The Bertz CT molecular complexity index is 529. The average Bonchev–Trinajstić information content (AvgIpc) is 2.28. The molecule has 1 fully saturated rings. The summed E-state index contributed by atoms with van der Waals surface area (Å²) in [5.41, 5.74) is 6.46. The van der Waals surface area contributed by atoms with E-state index in [1.165, 1.54) is 11.9 Å². The number of carbonyl (C=O) groups excluding carboxylic acids is 1. The zero-order valence-electron chi connectivity index (χ0n) is 10.1. The Morgan fingerprint density at radius 1 is 1.42 bits per heavy atom. The van der Waals surface area contributed by atoms with Crippen molar-refractivity contribution in [3.05, 3.63) is 26.6 Å². The third kappa shape index (κ3) is 2.91. The van der Waals surface area contributed by atoms with E-state index in [0.717, 1.165) is 0 Å². The Kier molecular flexibility index (Phi) is 3.88. The number of nitrogens with two attached hydrogens (primary N) is 1. The van der Waals surface area contributed by atoms with Crippen LogP contribution < -0.4 is 5.73 Å². The number of benzene rings is 1. The summed E-state index contributed by atoms with van der Waals surface area (Å²) < 4.78 is 27.0. The fraction of sp³-hybridized carbons (Fsp3) is 0.417. The lowest BCUT2D eigenvalue weighted by atomic mass is 9.87. The molecule has 1 aliphatic carbocycles. The molecule has 1 aliphatic rings. The van der Waals surface area contributed by atoms with E-state index >= 15 is 0 Å². The van der Waals surface area contributed by atoms with Gasteiger partial charge < -0.3 is 10.6 Å². The lowest BCUT2D eigenvalue weighted by Crippen LogP contribution is -2.51. The molecule has 0 atom stereocenters. The minimum Gasteiger partial charge on any atom is -0.397 e. The summed E-state index contributed by atoms with van der Waals surface area (Å²) >= 11 is 6.53. The van der Waals surface area contributed by atoms with Gasteiger partial charge in [-0.15, -0.1) is 0 Å². The summed E-state index contributed by atoms with van der Waals surface area (Å²) in [6, 6.07) is 2.89. The van der Waals surface area contributed by atoms with Crippen molar-refractivity contribution in [3.63, 3.8) is 0 Å². The zero-order valence-corrected chi connectivity index (χ0v) is 13.3. The third-order valence-electron chi connectivity index (χ3n) is 3.26. The molecule has 7 heteroatoms. The molecule has 0 spiro atoms. The van der Waals surface area contributed by atoms with Crippen molar-refractivity contribution >= 4 is 43.5 Å². The van der Waals surface area contributed by atoms with Gasteiger partial charge in [-0.25, -0.2) is 8.78 Å². The van der Waals surface area contributed by atoms with Crippen LogP contribution in [0.3, 0.4) is 0 Å².